The van der Waals surface area contributed by atoms with E-state index in [1.807, 2.05) is 20.8 Å². The Bertz CT molecular complexity index is 648. The van der Waals surface area contributed by atoms with Crippen molar-refractivity contribution in [3.05, 3.63) is 27.3 Å². The van der Waals surface area contributed by atoms with Crippen molar-refractivity contribution in [3.63, 3.8) is 0 Å². The van der Waals surface area contributed by atoms with E-state index in [2.05, 4.69) is 27.4 Å². The minimum Gasteiger partial charge on any atom is -0.339 e. The normalized spacial score (nSPS) is 12.6. The predicted molar refractivity (Wildman–Crippen MR) is 84.9 cm³/mol. The molecule has 0 aliphatic rings. The summed E-state index contributed by atoms with van der Waals surface area (Å²) in [6.07, 6.45) is 1.92. The third-order valence-electron chi connectivity index (χ3n) is 3.27. The lowest BCUT2D eigenvalue weighted by Crippen LogP contribution is -2.32. The summed E-state index contributed by atoms with van der Waals surface area (Å²) in [5.41, 5.74) is 0.773. The first-order chi connectivity index (χ1) is 10.4. The highest BCUT2D eigenvalue weighted by molar-refractivity contribution is 7.13. The Kier molecular flexibility index (Phi) is 5.28. The highest BCUT2D eigenvalue weighted by atomic mass is 32.1. The number of carbonyl (C=O) groups excluding carboxylic acids is 1. The number of thiazole rings is 1. The summed E-state index contributed by atoms with van der Waals surface area (Å²) in [4.78, 5) is 21.9. The molecule has 1 amide bonds. The summed E-state index contributed by atoms with van der Waals surface area (Å²) in [5, 5.41) is 7.79. The molecule has 120 valence electrons. The van der Waals surface area contributed by atoms with Crippen molar-refractivity contribution < 1.29 is 9.32 Å². The van der Waals surface area contributed by atoms with Crippen molar-refractivity contribution in [2.24, 2.45) is 5.92 Å². The smallest absolute Gasteiger partial charge is 0.263 e. The maximum Gasteiger partial charge on any atom is 0.263 e. The molecule has 1 atom stereocenters. The number of aryl methyl sites for hydroxylation is 3. The van der Waals surface area contributed by atoms with Gasteiger partial charge in [0.1, 0.15) is 10.9 Å². The summed E-state index contributed by atoms with van der Waals surface area (Å²) in [6, 6.07) is -0.301. The molecule has 0 bridgehead atoms. The van der Waals surface area contributed by atoms with E-state index in [1.165, 1.54) is 11.3 Å². The molecular formula is C15H22N4O2S. The molecule has 2 rings (SSSR count). The number of nitrogens with zero attached hydrogens (tertiary/aromatic N) is 3. The van der Waals surface area contributed by atoms with E-state index in [0.717, 1.165) is 23.5 Å². The molecule has 0 saturated carbocycles. The van der Waals surface area contributed by atoms with E-state index in [4.69, 9.17) is 4.52 Å². The van der Waals surface area contributed by atoms with Gasteiger partial charge in [-0.05, 0) is 32.6 Å². The molecule has 22 heavy (non-hydrogen) atoms. The summed E-state index contributed by atoms with van der Waals surface area (Å²) in [7, 11) is 0. The number of hydrogen-bond donors (Lipinski definition) is 1. The standard InChI is InChI=1S/C15H22N4O2S/c1-6-7-11-16-9(4)13(22-11)14(20)18-12(8(2)3)15-17-10(5)19-21-15/h8,12H,6-7H2,1-5H3,(H,18,20). The van der Waals surface area contributed by atoms with E-state index in [0.29, 0.717) is 16.6 Å². The Morgan fingerprint density at radius 1 is 1.32 bits per heavy atom. The van der Waals surface area contributed by atoms with Crippen LogP contribution in [0.2, 0.25) is 0 Å². The molecule has 7 heteroatoms. The summed E-state index contributed by atoms with van der Waals surface area (Å²) >= 11 is 1.46. The number of amides is 1. The van der Waals surface area contributed by atoms with Gasteiger partial charge in [0.25, 0.3) is 5.91 Å². The Labute approximate surface area is 134 Å². The Morgan fingerprint density at radius 3 is 2.59 bits per heavy atom. The van der Waals surface area contributed by atoms with Gasteiger partial charge in [-0.15, -0.1) is 11.3 Å². The van der Waals surface area contributed by atoms with Gasteiger partial charge in [0.2, 0.25) is 5.89 Å². The van der Waals surface area contributed by atoms with Gasteiger partial charge in [0.15, 0.2) is 5.82 Å². The Balaban J connectivity index is 2.18. The minimum atomic E-state index is -0.301. The van der Waals surface area contributed by atoms with Crippen LogP contribution in [0.25, 0.3) is 0 Å². The van der Waals surface area contributed by atoms with Crippen LogP contribution in [0.5, 0.6) is 0 Å². The lowest BCUT2D eigenvalue weighted by Gasteiger charge is -2.18. The van der Waals surface area contributed by atoms with Crippen LogP contribution < -0.4 is 5.32 Å². The lowest BCUT2D eigenvalue weighted by atomic mass is 10.0. The molecule has 0 aliphatic carbocycles. The average molecular weight is 322 g/mol. The van der Waals surface area contributed by atoms with Gasteiger partial charge >= 0.3 is 0 Å². The van der Waals surface area contributed by atoms with E-state index in [9.17, 15) is 4.79 Å². The SMILES string of the molecule is CCCc1nc(C)c(C(=O)NC(c2nc(C)no2)C(C)C)s1. The molecule has 1 N–H and O–H groups in total. The Morgan fingerprint density at radius 2 is 2.05 bits per heavy atom. The van der Waals surface area contributed by atoms with Crippen LogP contribution >= 0.6 is 11.3 Å². The number of aromatic nitrogens is 3. The second-order valence-corrected chi connectivity index (χ2v) is 6.73. The first kappa shape index (κ1) is 16.6. The van der Waals surface area contributed by atoms with Gasteiger partial charge in [-0.25, -0.2) is 4.98 Å². The lowest BCUT2D eigenvalue weighted by molar-refractivity contribution is 0.0917. The first-order valence-corrected chi connectivity index (χ1v) is 8.31. The van der Waals surface area contributed by atoms with Crippen molar-refractivity contribution in [2.45, 2.75) is 53.5 Å². The van der Waals surface area contributed by atoms with Crippen molar-refractivity contribution in [1.82, 2.24) is 20.4 Å². The molecular weight excluding hydrogens is 300 g/mol. The molecule has 0 spiro atoms. The molecule has 2 aromatic heterocycles. The number of carbonyl (C=O) groups is 1. The number of hydrogen-bond acceptors (Lipinski definition) is 6. The van der Waals surface area contributed by atoms with Crippen molar-refractivity contribution in [2.75, 3.05) is 0 Å². The maximum atomic E-state index is 12.5. The minimum absolute atomic E-state index is 0.132. The predicted octanol–water partition coefficient (Wildman–Crippen LogP) is 3.22. The largest absolute Gasteiger partial charge is 0.339 e. The van der Waals surface area contributed by atoms with Gasteiger partial charge in [-0.3, -0.25) is 4.79 Å². The van der Waals surface area contributed by atoms with Crippen LogP contribution in [0, 0.1) is 19.8 Å². The molecule has 0 fully saturated rings. The van der Waals surface area contributed by atoms with E-state index < -0.39 is 0 Å². The molecule has 0 saturated heterocycles. The van der Waals surface area contributed by atoms with Crippen LogP contribution in [0.1, 0.15) is 65.3 Å². The quantitative estimate of drug-likeness (QED) is 0.883. The van der Waals surface area contributed by atoms with Crippen molar-refractivity contribution in [1.29, 1.82) is 0 Å². The van der Waals surface area contributed by atoms with Crippen LogP contribution in [-0.2, 0) is 6.42 Å². The third-order valence-corrected chi connectivity index (χ3v) is 4.49. The summed E-state index contributed by atoms with van der Waals surface area (Å²) < 4.78 is 5.21. The highest BCUT2D eigenvalue weighted by Gasteiger charge is 2.26. The fourth-order valence-electron chi connectivity index (χ4n) is 2.14. The van der Waals surface area contributed by atoms with Crippen LogP contribution in [0.4, 0.5) is 0 Å². The van der Waals surface area contributed by atoms with Gasteiger partial charge in [0, 0.05) is 0 Å². The molecule has 1 unspecified atom stereocenters. The number of nitrogens with one attached hydrogen (secondary N) is 1. The molecule has 0 radical (unpaired) electrons. The second-order valence-electron chi connectivity index (χ2n) is 5.65. The Hall–Kier alpha value is -1.76. The first-order valence-electron chi connectivity index (χ1n) is 7.49. The van der Waals surface area contributed by atoms with Crippen LogP contribution in [0.15, 0.2) is 4.52 Å². The zero-order valence-corrected chi connectivity index (χ0v) is 14.5. The topological polar surface area (TPSA) is 80.9 Å². The van der Waals surface area contributed by atoms with Gasteiger partial charge < -0.3 is 9.84 Å². The number of rotatable bonds is 6. The fourth-order valence-corrected chi connectivity index (χ4v) is 3.21. The zero-order valence-electron chi connectivity index (χ0n) is 13.6. The summed E-state index contributed by atoms with van der Waals surface area (Å²) in [5.74, 6) is 1.02. The second kappa shape index (κ2) is 7.00. The van der Waals surface area contributed by atoms with Crippen molar-refractivity contribution >= 4 is 17.2 Å². The molecule has 0 aromatic carbocycles. The van der Waals surface area contributed by atoms with Crippen LogP contribution in [0.3, 0.4) is 0 Å². The monoisotopic (exact) mass is 322 g/mol. The summed E-state index contributed by atoms with van der Waals surface area (Å²) in [6.45, 7) is 9.74. The highest BCUT2D eigenvalue weighted by Crippen LogP contribution is 2.24. The molecule has 2 heterocycles. The third kappa shape index (κ3) is 3.71. The molecule has 6 nitrogen and oxygen atoms in total. The van der Waals surface area contributed by atoms with Gasteiger partial charge in [-0.1, -0.05) is 25.9 Å². The average Bonchev–Trinajstić information content (AvgIpc) is 3.02. The van der Waals surface area contributed by atoms with E-state index >= 15 is 0 Å². The van der Waals surface area contributed by atoms with E-state index in [-0.39, 0.29) is 17.9 Å². The van der Waals surface area contributed by atoms with Gasteiger partial charge in [0.05, 0.1) is 10.7 Å². The molecule has 0 aliphatic heterocycles. The molecule has 2 aromatic rings. The van der Waals surface area contributed by atoms with Gasteiger partial charge in [-0.2, -0.15) is 4.98 Å². The fraction of sp³-hybridized carbons (Fsp3) is 0.600. The van der Waals surface area contributed by atoms with Crippen molar-refractivity contribution in [3.8, 4) is 0 Å². The maximum absolute atomic E-state index is 12.5. The van der Waals surface area contributed by atoms with E-state index in [1.54, 1.807) is 6.92 Å². The van der Waals surface area contributed by atoms with Crippen LogP contribution in [-0.4, -0.2) is 21.0 Å². The zero-order chi connectivity index (χ0) is 16.3.